The number of hydrogen-bond acceptors (Lipinski definition) is 2. The van der Waals surface area contributed by atoms with Crippen molar-refractivity contribution >= 4 is 5.91 Å². The van der Waals surface area contributed by atoms with Crippen molar-refractivity contribution in [3.63, 3.8) is 0 Å². The molecule has 0 bridgehead atoms. The summed E-state index contributed by atoms with van der Waals surface area (Å²) < 4.78 is 5.89. The van der Waals surface area contributed by atoms with Gasteiger partial charge in [0.05, 0.1) is 6.10 Å². The number of amides is 1. The van der Waals surface area contributed by atoms with Gasteiger partial charge in [-0.15, -0.1) is 0 Å². The van der Waals surface area contributed by atoms with Gasteiger partial charge in [0.15, 0.2) is 0 Å². The summed E-state index contributed by atoms with van der Waals surface area (Å²) in [6.07, 6.45) is 11.4. The molecule has 0 aromatic carbocycles. The van der Waals surface area contributed by atoms with Crippen LogP contribution in [0.25, 0.3) is 0 Å². The number of carbonyl (C=O) groups is 1. The van der Waals surface area contributed by atoms with Gasteiger partial charge in [-0.3, -0.25) is 4.79 Å². The van der Waals surface area contributed by atoms with E-state index >= 15 is 0 Å². The maximum absolute atomic E-state index is 12.3. The van der Waals surface area contributed by atoms with Gasteiger partial charge in [-0.25, -0.2) is 0 Å². The number of nitrogens with zero attached hydrogens (tertiary/aromatic N) is 1. The lowest BCUT2D eigenvalue weighted by Gasteiger charge is -2.24. The fraction of sp³-hybridized carbons (Fsp3) is 0.800. The molecule has 0 radical (unpaired) electrons. The Hall–Kier alpha value is -0.830. The molecule has 18 heavy (non-hydrogen) atoms. The molecular formula is C15H23NO2. The zero-order chi connectivity index (χ0) is 12.4. The zero-order valence-corrected chi connectivity index (χ0v) is 11.0. The fourth-order valence-electron chi connectivity index (χ4n) is 2.90. The van der Waals surface area contributed by atoms with Crippen molar-refractivity contribution in [2.75, 3.05) is 19.7 Å². The first-order valence-corrected chi connectivity index (χ1v) is 7.38. The average molecular weight is 249 g/mol. The van der Waals surface area contributed by atoms with Gasteiger partial charge in [-0.05, 0) is 44.4 Å². The lowest BCUT2D eigenvalue weighted by molar-refractivity contribution is -0.135. The molecule has 3 aliphatic rings. The molecule has 2 unspecified atom stereocenters. The predicted octanol–water partition coefficient (Wildman–Crippen LogP) is 2.37. The molecule has 2 aliphatic carbocycles. The Morgan fingerprint density at radius 1 is 1.22 bits per heavy atom. The Kier molecular flexibility index (Phi) is 3.69. The molecule has 0 aromatic rings. The Morgan fingerprint density at radius 3 is 2.83 bits per heavy atom. The van der Waals surface area contributed by atoms with Crippen LogP contribution in [0.1, 0.15) is 38.5 Å². The highest BCUT2D eigenvalue weighted by molar-refractivity contribution is 5.79. The first-order chi connectivity index (χ1) is 8.83. The Bertz CT molecular complexity index is 335. The molecule has 2 fully saturated rings. The standard InChI is InChI=1S/C15H23NO2/c17-15(13-4-2-1-3-5-13)16-9-8-14(10-16)18-11-12-6-7-12/h1-2,12-14H,3-11H2. The van der Waals surface area contributed by atoms with E-state index in [0.29, 0.717) is 12.0 Å². The number of rotatable bonds is 4. The van der Waals surface area contributed by atoms with Crippen molar-refractivity contribution in [1.29, 1.82) is 0 Å². The van der Waals surface area contributed by atoms with Crippen LogP contribution in [0.15, 0.2) is 12.2 Å². The number of likely N-dealkylation sites (tertiary alicyclic amines) is 1. The molecule has 2 atom stereocenters. The third-order valence-electron chi connectivity index (χ3n) is 4.34. The van der Waals surface area contributed by atoms with Crippen LogP contribution >= 0.6 is 0 Å². The minimum Gasteiger partial charge on any atom is -0.376 e. The van der Waals surface area contributed by atoms with Gasteiger partial charge in [-0.2, -0.15) is 0 Å². The second kappa shape index (κ2) is 5.43. The number of hydrogen-bond donors (Lipinski definition) is 0. The van der Waals surface area contributed by atoms with Crippen molar-refractivity contribution in [3.05, 3.63) is 12.2 Å². The number of allylic oxidation sites excluding steroid dienone is 2. The monoisotopic (exact) mass is 249 g/mol. The third kappa shape index (κ3) is 2.94. The summed E-state index contributed by atoms with van der Waals surface area (Å²) in [5, 5.41) is 0. The molecule has 1 aliphatic heterocycles. The van der Waals surface area contributed by atoms with E-state index in [-0.39, 0.29) is 5.92 Å². The lowest BCUT2D eigenvalue weighted by atomic mass is 9.93. The van der Waals surface area contributed by atoms with Crippen LogP contribution in [-0.2, 0) is 9.53 Å². The normalized spacial score (nSPS) is 31.9. The van der Waals surface area contributed by atoms with Crippen molar-refractivity contribution in [2.24, 2.45) is 11.8 Å². The van der Waals surface area contributed by atoms with Crippen LogP contribution in [-0.4, -0.2) is 36.6 Å². The molecule has 1 amide bonds. The van der Waals surface area contributed by atoms with E-state index in [1.807, 2.05) is 4.90 Å². The van der Waals surface area contributed by atoms with Crippen LogP contribution in [0.5, 0.6) is 0 Å². The Morgan fingerprint density at radius 2 is 2.11 bits per heavy atom. The number of carbonyl (C=O) groups excluding carboxylic acids is 1. The summed E-state index contributed by atoms with van der Waals surface area (Å²) in [7, 11) is 0. The number of ether oxygens (including phenoxy) is 1. The first-order valence-electron chi connectivity index (χ1n) is 7.38. The molecule has 0 aromatic heterocycles. The van der Waals surface area contributed by atoms with Crippen molar-refractivity contribution in [1.82, 2.24) is 4.90 Å². The van der Waals surface area contributed by atoms with E-state index in [4.69, 9.17) is 4.74 Å². The first kappa shape index (κ1) is 12.2. The van der Waals surface area contributed by atoms with Crippen molar-refractivity contribution < 1.29 is 9.53 Å². The van der Waals surface area contributed by atoms with Gasteiger partial charge in [0.1, 0.15) is 0 Å². The minimum absolute atomic E-state index is 0.234. The maximum Gasteiger partial charge on any atom is 0.226 e. The highest BCUT2D eigenvalue weighted by Gasteiger charge is 2.32. The predicted molar refractivity (Wildman–Crippen MR) is 70.1 cm³/mol. The van der Waals surface area contributed by atoms with Gasteiger partial charge in [0.2, 0.25) is 5.91 Å². The lowest BCUT2D eigenvalue weighted by Crippen LogP contribution is -2.35. The summed E-state index contributed by atoms with van der Waals surface area (Å²) in [5.74, 6) is 1.41. The van der Waals surface area contributed by atoms with Crippen LogP contribution in [0.3, 0.4) is 0 Å². The molecular weight excluding hydrogens is 226 g/mol. The molecule has 100 valence electrons. The molecule has 3 nitrogen and oxygen atoms in total. The van der Waals surface area contributed by atoms with Gasteiger partial charge < -0.3 is 9.64 Å². The molecule has 3 rings (SSSR count). The van der Waals surface area contributed by atoms with E-state index in [9.17, 15) is 4.79 Å². The van der Waals surface area contributed by atoms with E-state index in [0.717, 1.165) is 51.3 Å². The molecule has 1 saturated carbocycles. The van der Waals surface area contributed by atoms with Crippen LogP contribution in [0.2, 0.25) is 0 Å². The SMILES string of the molecule is O=C(C1CC=CCC1)N1CCC(OCC2CC2)C1. The van der Waals surface area contributed by atoms with Gasteiger partial charge in [0, 0.05) is 25.6 Å². The molecule has 1 heterocycles. The topological polar surface area (TPSA) is 29.5 Å². The summed E-state index contributed by atoms with van der Waals surface area (Å²) in [4.78, 5) is 14.4. The average Bonchev–Trinajstić information content (AvgIpc) is 3.14. The second-order valence-corrected chi connectivity index (χ2v) is 5.95. The van der Waals surface area contributed by atoms with Crippen molar-refractivity contribution in [3.8, 4) is 0 Å². The smallest absolute Gasteiger partial charge is 0.226 e. The summed E-state index contributed by atoms with van der Waals surface area (Å²) >= 11 is 0. The van der Waals surface area contributed by atoms with Gasteiger partial charge >= 0.3 is 0 Å². The molecule has 1 saturated heterocycles. The largest absolute Gasteiger partial charge is 0.376 e. The third-order valence-corrected chi connectivity index (χ3v) is 4.34. The van der Waals surface area contributed by atoms with Gasteiger partial charge in [0.25, 0.3) is 0 Å². The van der Waals surface area contributed by atoms with Crippen LogP contribution in [0, 0.1) is 11.8 Å². The van der Waals surface area contributed by atoms with Crippen molar-refractivity contribution in [2.45, 2.75) is 44.6 Å². The summed E-state index contributed by atoms with van der Waals surface area (Å²) in [5.41, 5.74) is 0. The zero-order valence-electron chi connectivity index (χ0n) is 11.0. The Balaban J connectivity index is 1.45. The molecule has 0 N–H and O–H groups in total. The maximum atomic E-state index is 12.3. The van der Waals surface area contributed by atoms with E-state index in [1.54, 1.807) is 0 Å². The van der Waals surface area contributed by atoms with E-state index in [1.165, 1.54) is 12.8 Å². The van der Waals surface area contributed by atoms with Crippen LogP contribution < -0.4 is 0 Å². The fourth-order valence-corrected chi connectivity index (χ4v) is 2.90. The van der Waals surface area contributed by atoms with E-state index < -0.39 is 0 Å². The molecule has 3 heteroatoms. The second-order valence-electron chi connectivity index (χ2n) is 5.95. The summed E-state index contributed by atoms with van der Waals surface area (Å²) in [6.45, 7) is 2.64. The van der Waals surface area contributed by atoms with Crippen LogP contribution in [0.4, 0.5) is 0 Å². The highest BCUT2D eigenvalue weighted by Crippen LogP contribution is 2.30. The molecule has 0 spiro atoms. The quantitative estimate of drug-likeness (QED) is 0.716. The highest BCUT2D eigenvalue weighted by atomic mass is 16.5. The Labute approximate surface area is 109 Å². The minimum atomic E-state index is 0.234. The van der Waals surface area contributed by atoms with E-state index in [2.05, 4.69) is 12.2 Å². The van der Waals surface area contributed by atoms with Gasteiger partial charge in [-0.1, -0.05) is 12.2 Å². The summed E-state index contributed by atoms with van der Waals surface area (Å²) in [6, 6.07) is 0.